The Hall–Kier alpha value is -1.17. The lowest BCUT2D eigenvalue weighted by atomic mass is 10.3. The Bertz CT molecular complexity index is 333. The van der Waals surface area contributed by atoms with Gasteiger partial charge in [0.15, 0.2) is 0 Å². The van der Waals surface area contributed by atoms with E-state index < -0.39 is 0 Å². The fraction of sp³-hybridized carbons (Fsp3) is 0.583. The second-order valence-corrected chi connectivity index (χ2v) is 4.89. The van der Waals surface area contributed by atoms with Gasteiger partial charge in [-0.05, 0) is 27.7 Å². The SMILES string of the molecule is CC(C)N1C(=O)C=CC1=O.CC(C)NC(=O)CBr. The minimum absolute atomic E-state index is 0.0324. The molecule has 1 aliphatic rings. The van der Waals surface area contributed by atoms with Crippen LogP contribution < -0.4 is 5.32 Å². The molecule has 0 aromatic carbocycles. The quantitative estimate of drug-likeness (QED) is 0.628. The first-order chi connectivity index (χ1) is 8.29. The number of carbonyl (C=O) groups is 3. The fourth-order valence-corrected chi connectivity index (χ4v) is 1.44. The molecule has 1 aliphatic heterocycles. The second-order valence-electron chi connectivity index (χ2n) is 4.33. The van der Waals surface area contributed by atoms with Crippen LogP contribution in [0.3, 0.4) is 0 Å². The van der Waals surface area contributed by atoms with E-state index in [-0.39, 0.29) is 29.8 Å². The average molecular weight is 319 g/mol. The molecular formula is C12H19BrN2O3. The normalized spacial score (nSPS) is 14.1. The van der Waals surface area contributed by atoms with E-state index in [1.807, 2.05) is 27.7 Å². The highest BCUT2D eigenvalue weighted by molar-refractivity contribution is 9.09. The van der Waals surface area contributed by atoms with E-state index in [1.54, 1.807) is 0 Å². The Kier molecular flexibility index (Phi) is 7.50. The molecule has 0 saturated carbocycles. The third kappa shape index (κ3) is 5.95. The number of hydrogen-bond acceptors (Lipinski definition) is 3. The number of amides is 3. The van der Waals surface area contributed by atoms with Crippen molar-refractivity contribution in [2.75, 3.05) is 5.33 Å². The summed E-state index contributed by atoms with van der Waals surface area (Å²) in [5.74, 6) is -0.375. The van der Waals surface area contributed by atoms with Crippen LogP contribution in [0.1, 0.15) is 27.7 Å². The molecule has 102 valence electrons. The van der Waals surface area contributed by atoms with Gasteiger partial charge in [-0.25, -0.2) is 0 Å². The highest BCUT2D eigenvalue weighted by Gasteiger charge is 2.25. The molecule has 1 heterocycles. The molecule has 0 radical (unpaired) electrons. The van der Waals surface area contributed by atoms with Crippen molar-refractivity contribution in [2.24, 2.45) is 0 Å². The maximum Gasteiger partial charge on any atom is 0.253 e. The van der Waals surface area contributed by atoms with Gasteiger partial charge in [0.05, 0.1) is 5.33 Å². The molecule has 0 saturated heterocycles. The smallest absolute Gasteiger partial charge is 0.253 e. The molecule has 3 amide bonds. The van der Waals surface area contributed by atoms with Crippen molar-refractivity contribution in [2.45, 2.75) is 39.8 Å². The average Bonchev–Trinajstić information content (AvgIpc) is 2.58. The van der Waals surface area contributed by atoms with Crippen LogP contribution >= 0.6 is 15.9 Å². The van der Waals surface area contributed by atoms with Crippen molar-refractivity contribution >= 4 is 33.7 Å². The summed E-state index contributed by atoms with van der Waals surface area (Å²) < 4.78 is 0. The summed E-state index contributed by atoms with van der Waals surface area (Å²) in [5, 5.41) is 3.10. The summed E-state index contributed by atoms with van der Waals surface area (Å²) in [4.78, 5) is 33.4. The van der Waals surface area contributed by atoms with Gasteiger partial charge in [-0.1, -0.05) is 15.9 Å². The summed E-state index contributed by atoms with van der Waals surface area (Å²) in [6, 6.07) is 0.218. The van der Waals surface area contributed by atoms with E-state index in [0.717, 1.165) is 0 Å². The summed E-state index contributed by atoms with van der Waals surface area (Å²) in [7, 11) is 0. The lowest BCUT2D eigenvalue weighted by molar-refractivity contribution is -0.138. The molecule has 0 aromatic rings. The van der Waals surface area contributed by atoms with Gasteiger partial charge in [0.1, 0.15) is 0 Å². The maximum atomic E-state index is 10.8. The first kappa shape index (κ1) is 16.8. The van der Waals surface area contributed by atoms with Gasteiger partial charge < -0.3 is 5.32 Å². The number of rotatable bonds is 3. The number of nitrogens with zero attached hydrogens (tertiary/aromatic N) is 1. The lowest BCUT2D eigenvalue weighted by Crippen LogP contribution is -2.36. The molecule has 18 heavy (non-hydrogen) atoms. The molecule has 0 aromatic heterocycles. The van der Waals surface area contributed by atoms with Crippen molar-refractivity contribution in [3.8, 4) is 0 Å². The molecule has 0 fully saturated rings. The fourth-order valence-electron chi connectivity index (χ4n) is 1.28. The van der Waals surface area contributed by atoms with Crippen LogP contribution in [0.5, 0.6) is 0 Å². The monoisotopic (exact) mass is 318 g/mol. The minimum Gasteiger partial charge on any atom is -0.353 e. The molecule has 5 nitrogen and oxygen atoms in total. The molecule has 6 heteroatoms. The number of nitrogens with one attached hydrogen (secondary N) is 1. The lowest BCUT2D eigenvalue weighted by Gasteiger charge is -2.17. The van der Waals surface area contributed by atoms with Crippen LogP contribution in [-0.2, 0) is 14.4 Å². The van der Waals surface area contributed by atoms with Crippen LogP contribution in [0, 0.1) is 0 Å². The molecule has 1 N–H and O–H groups in total. The van der Waals surface area contributed by atoms with Crippen LogP contribution in [-0.4, -0.2) is 40.0 Å². The van der Waals surface area contributed by atoms with Crippen molar-refractivity contribution < 1.29 is 14.4 Å². The highest BCUT2D eigenvalue weighted by atomic mass is 79.9. The Balaban J connectivity index is 0.000000331. The van der Waals surface area contributed by atoms with Crippen LogP contribution in [0.15, 0.2) is 12.2 Å². The highest BCUT2D eigenvalue weighted by Crippen LogP contribution is 2.07. The first-order valence-corrected chi connectivity index (χ1v) is 6.82. The van der Waals surface area contributed by atoms with Gasteiger partial charge in [-0.2, -0.15) is 0 Å². The number of alkyl halides is 1. The molecule has 0 bridgehead atoms. The number of carbonyl (C=O) groups excluding carboxylic acids is 3. The second kappa shape index (κ2) is 8.02. The topological polar surface area (TPSA) is 66.5 Å². The Labute approximate surface area is 116 Å². The van der Waals surface area contributed by atoms with Crippen LogP contribution in [0.2, 0.25) is 0 Å². The van der Waals surface area contributed by atoms with Crippen molar-refractivity contribution in [1.82, 2.24) is 10.2 Å². The van der Waals surface area contributed by atoms with Crippen LogP contribution in [0.4, 0.5) is 0 Å². The van der Waals surface area contributed by atoms with Crippen LogP contribution in [0.25, 0.3) is 0 Å². The summed E-state index contributed by atoms with van der Waals surface area (Å²) >= 11 is 3.03. The van der Waals surface area contributed by atoms with Gasteiger partial charge in [-0.15, -0.1) is 0 Å². The molecule has 0 aliphatic carbocycles. The predicted octanol–water partition coefficient (Wildman–Crippen LogP) is 1.23. The largest absolute Gasteiger partial charge is 0.353 e. The van der Waals surface area contributed by atoms with Crippen molar-refractivity contribution in [3.05, 3.63) is 12.2 Å². The third-order valence-electron chi connectivity index (χ3n) is 1.93. The van der Waals surface area contributed by atoms with E-state index >= 15 is 0 Å². The summed E-state index contributed by atoms with van der Waals surface area (Å²) in [6.07, 6.45) is 2.59. The minimum atomic E-state index is -0.208. The zero-order valence-corrected chi connectivity index (χ0v) is 12.7. The first-order valence-electron chi connectivity index (χ1n) is 5.70. The standard InChI is InChI=1S/C7H9NO2.C5H10BrNO/c1-5(2)8-6(9)3-4-7(8)10;1-4(2)7-5(8)3-6/h3-5H,1-2H3;4H,3H2,1-2H3,(H,7,8). The number of imide groups is 1. The Morgan fingerprint density at radius 3 is 1.83 bits per heavy atom. The van der Waals surface area contributed by atoms with Gasteiger partial charge >= 0.3 is 0 Å². The van der Waals surface area contributed by atoms with Crippen molar-refractivity contribution in [1.29, 1.82) is 0 Å². The predicted molar refractivity (Wildman–Crippen MR) is 73.2 cm³/mol. The van der Waals surface area contributed by atoms with Crippen molar-refractivity contribution in [3.63, 3.8) is 0 Å². The Morgan fingerprint density at radius 2 is 1.67 bits per heavy atom. The zero-order chi connectivity index (χ0) is 14.3. The number of hydrogen-bond donors (Lipinski definition) is 1. The van der Waals surface area contributed by atoms with E-state index in [9.17, 15) is 14.4 Å². The van der Waals surface area contributed by atoms with E-state index in [2.05, 4.69) is 21.2 Å². The molecule has 0 atom stereocenters. The molecule has 0 unspecified atom stereocenters. The summed E-state index contributed by atoms with van der Waals surface area (Å²) in [6.45, 7) is 7.48. The van der Waals surface area contributed by atoms with Gasteiger partial charge in [0.25, 0.3) is 11.8 Å². The zero-order valence-electron chi connectivity index (χ0n) is 11.1. The van der Waals surface area contributed by atoms with E-state index in [0.29, 0.717) is 5.33 Å². The van der Waals surface area contributed by atoms with Gasteiger partial charge in [0, 0.05) is 24.2 Å². The third-order valence-corrected chi connectivity index (χ3v) is 2.44. The molecular weight excluding hydrogens is 300 g/mol. The van der Waals surface area contributed by atoms with E-state index in [1.165, 1.54) is 17.1 Å². The molecule has 1 rings (SSSR count). The number of halogens is 1. The van der Waals surface area contributed by atoms with Gasteiger partial charge in [-0.3, -0.25) is 19.3 Å². The summed E-state index contributed by atoms with van der Waals surface area (Å²) in [5.41, 5.74) is 0. The van der Waals surface area contributed by atoms with Gasteiger partial charge in [0.2, 0.25) is 5.91 Å². The maximum absolute atomic E-state index is 10.8. The molecule has 0 spiro atoms. The Morgan fingerprint density at radius 1 is 1.22 bits per heavy atom. The van der Waals surface area contributed by atoms with E-state index in [4.69, 9.17) is 0 Å².